The Morgan fingerprint density at radius 3 is 2.47 bits per heavy atom. The molecule has 0 saturated carbocycles. The lowest BCUT2D eigenvalue weighted by Gasteiger charge is -2.37. The van der Waals surface area contributed by atoms with Gasteiger partial charge in [-0.25, -0.2) is 13.1 Å². The van der Waals surface area contributed by atoms with Gasteiger partial charge in [0.05, 0.1) is 4.90 Å². The summed E-state index contributed by atoms with van der Waals surface area (Å²) in [6, 6.07) is 15.1. The van der Waals surface area contributed by atoms with E-state index in [9.17, 15) is 13.2 Å². The molecule has 4 rings (SSSR count). The highest BCUT2D eigenvalue weighted by molar-refractivity contribution is 7.89. The predicted octanol–water partition coefficient (Wildman–Crippen LogP) is 3.15. The Balaban J connectivity index is 1.55. The van der Waals surface area contributed by atoms with Gasteiger partial charge in [-0.1, -0.05) is 30.3 Å². The smallest absolute Gasteiger partial charge is 0.240 e. The Morgan fingerprint density at radius 2 is 1.83 bits per heavy atom. The quantitative estimate of drug-likeness (QED) is 0.767. The van der Waals surface area contributed by atoms with Gasteiger partial charge >= 0.3 is 0 Å². The molecule has 2 aromatic carbocycles. The van der Waals surface area contributed by atoms with Crippen LogP contribution in [0, 0.1) is 6.92 Å². The van der Waals surface area contributed by atoms with Crippen LogP contribution in [0.3, 0.4) is 0 Å². The maximum Gasteiger partial charge on any atom is 0.240 e. The summed E-state index contributed by atoms with van der Waals surface area (Å²) >= 11 is 0. The molecule has 2 aliphatic heterocycles. The van der Waals surface area contributed by atoms with Crippen molar-refractivity contribution in [2.24, 2.45) is 0 Å². The maximum absolute atomic E-state index is 13.1. The van der Waals surface area contributed by atoms with E-state index in [0.717, 1.165) is 36.1 Å². The van der Waals surface area contributed by atoms with E-state index >= 15 is 0 Å². The van der Waals surface area contributed by atoms with Crippen molar-refractivity contribution in [3.63, 3.8) is 0 Å². The highest BCUT2D eigenvalue weighted by Gasteiger charge is 2.35. The molecule has 0 aromatic heterocycles. The number of carbonyl (C=O) groups is 1. The summed E-state index contributed by atoms with van der Waals surface area (Å²) in [6.07, 6.45) is 2.93. The van der Waals surface area contributed by atoms with E-state index in [4.69, 9.17) is 4.74 Å². The first kappa shape index (κ1) is 21.0. The van der Waals surface area contributed by atoms with Crippen LogP contribution >= 0.6 is 0 Å². The third-order valence-corrected chi connectivity index (χ3v) is 7.68. The van der Waals surface area contributed by atoms with Crippen molar-refractivity contribution in [1.29, 1.82) is 0 Å². The van der Waals surface area contributed by atoms with Crippen molar-refractivity contribution in [3.8, 4) is 0 Å². The molecule has 0 radical (unpaired) electrons. The number of nitrogens with zero attached hydrogens (tertiary/aromatic N) is 1. The van der Waals surface area contributed by atoms with Gasteiger partial charge in [-0.15, -0.1) is 0 Å². The minimum absolute atomic E-state index is 0.0937. The molecule has 2 fully saturated rings. The number of hydrogen-bond donors (Lipinski definition) is 1. The molecular weight excluding hydrogens is 400 g/mol. The average Bonchev–Trinajstić information content (AvgIpc) is 3.19. The van der Waals surface area contributed by atoms with Crippen molar-refractivity contribution in [2.45, 2.75) is 42.9 Å². The Labute approximate surface area is 178 Å². The first-order chi connectivity index (χ1) is 14.4. The summed E-state index contributed by atoms with van der Waals surface area (Å²) in [5.74, 6) is 0.0937. The summed E-state index contributed by atoms with van der Waals surface area (Å²) in [5, 5.41) is 0. The van der Waals surface area contributed by atoms with Gasteiger partial charge in [0, 0.05) is 43.8 Å². The normalized spacial score (nSPS) is 19.2. The van der Waals surface area contributed by atoms with Crippen LogP contribution in [0.4, 0.5) is 5.69 Å². The van der Waals surface area contributed by atoms with Gasteiger partial charge in [0.2, 0.25) is 15.9 Å². The number of anilines is 1. The van der Waals surface area contributed by atoms with E-state index < -0.39 is 10.0 Å². The van der Waals surface area contributed by atoms with Crippen LogP contribution in [0.5, 0.6) is 0 Å². The number of amides is 1. The molecule has 2 aliphatic rings. The zero-order chi connectivity index (χ0) is 21.2. The Kier molecular flexibility index (Phi) is 5.95. The summed E-state index contributed by atoms with van der Waals surface area (Å²) in [6.45, 7) is 4.10. The number of ether oxygens (including phenoxy) is 1. The van der Waals surface area contributed by atoms with Gasteiger partial charge in [0.1, 0.15) is 0 Å². The molecule has 0 aliphatic carbocycles. The molecule has 0 bridgehead atoms. The zero-order valence-corrected chi connectivity index (χ0v) is 18.1. The molecule has 0 atom stereocenters. The van der Waals surface area contributed by atoms with Gasteiger partial charge in [0.25, 0.3) is 0 Å². The van der Waals surface area contributed by atoms with Crippen molar-refractivity contribution in [2.75, 3.05) is 31.2 Å². The first-order valence-corrected chi connectivity index (χ1v) is 11.9. The first-order valence-electron chi connectivity index (χ1n) is 10.5. The van der Waals surface area contributed by atoms with E-state index in [1.807, 2.05) is 25.1 Å². The third-order valence-electron chi connectivity index (χ3n) is 6.28. The minimum Gasteiger partial charge on any atom is -0.381 e. The van der Waals surface area contributed by atoms with Crippen LogP contribution in [-0.2, 0) is 25.0 Å². The van der Waals surface area contributed by atoms with Crippen molar-refractivity contribution in [1.82, 2.24) is 4.72 Å². The van der Waals surface area contributed by atoms with Crippen LogP contribution in [0.25, 0.3) is 0 Å². The Morgan fingerprint density at radius 1 is 1.10 bits per heavy atom. The number of sulfonamides is 1. The molecule has 1 amide bonds. The fraction of sp³-hybridized carbons (Fsp3) is 0.435. The number of rotatable bonds is 6. The van der Waals surface area contributed by atoms with E-state index in [1.54, 1.807) is 23.1 Å². The van der Waals surface area contributed by atoms with E-state index in [1.165, 1.54) is 0 Å². The second kappa shape index (κ2) is 8.49. The van der Waals surface area contributed by atoms with Crippen molar-refractivity contribution < 1.29 is 17.9 Å². The van der Waals surface area contributed by atoms with Gasteiger partial charge in [0.15, 0.2) is 0 Å². The number of carbonyl (C=O) groups excluding carboxylic acids is 1. The third kappa shape index (κ3) is 4.15. The molecule has 7 heteroatoms. The van der Waals surface area contributed by atoms with Crippen LogP contribution in [0.2, 0.25) is 0 Å². The van der Waals surface area contributed by atoms with Crippen LogP contribution < -0.4 is 9.62 Å². The molecule has 2 heterocycles. The fourth-order valence-electron chi connectivity index (χ4n) is 4.44. The summed E-state index contributed by atoms with van der Waals surface area (Å²) < 4.78 is 34.5. The number of hydrogen-bond acceptors (Lipinski definition) is 4. The van der Waals surface area contributed by atoms with E-state index in [2.05, 4.69) is 16.9 Å². The standard InChI is InChI=1S/C23H28N2O4S/c1-18-16-20(9-10-21(18)25-13-5-8-22(25)26)30(27,28)24-17-23(11-14-29-15-12-23)19-6-3-2-4-7-19/h2-4,6-7,9-10,16,24H,5,8,11-15,17H2,1H3. The molecular formula is C23H28N2O4S. The van der Waals surface area contributed by atoms with Gasteiger partial charge in [-0.05, 0) is 55.5 Å². The summed E-state index contributed by atoms with van der Waals surface area (Å²) in [4.78, 5) is 14.0. The molecule has 0 spiro atoms. The molecule has 0 unspecified atom stereocenters. The largest absolute Gasteiger partial charge is 0.381 e. The molecule has 2 aromatic rings. The number of benzene rings is 2. The Bertz CT molecular complexity index is 1010. The zero-order valence-electron chi connectivity index (χ0n) is 17.3. The molecule has 2 saturated heterocycles. The Hall–Kier alpha value is -2.22. The average molecular weight is 429 g/mol. The maximum atomic E-state index is 13.1. The number of aryl methyl sites for hydroxylation is 1. The van der Waals surface area contributed by atoms with E-state index in [0.29, 0.717) is 32.7 Å². The summed E-state index contributed by atoms with van der Waals surface area (Å²) in [5.41, 5.74) is 2.44. The highest BCUT2D eigenvalue weighted by Crippen LogP contribution is 2.35. The lowest BCUT2D eigenvalue weighted by Crippen LogP contribution is -2.44. The molecule has 1 N–H and O–H groups in total. The second-order valence-corrected chi connectivity index (χ2v) is 9.95. The predicted molar refractivity (Wildman–Crippen MR) is 116 cm³/mol. The topological polar surface area (TPSA) is 75.7 Å². The lowest BCUT2D eigenvalue weighted by molar-refractivity contribution is -0.117. The van der Waals surface area contributed by atoms with Gasteiger partial charge in [-0.2, -0.15) is 0 Å². The van der Waals surface area contributed by atoms with Crippen LogP contribution in [0.1, 0.15) is 36.8 Å². The van der Waals surface area contributed by atoms with Crippen molar-refractivity contribution >= 4 is 21.6 Å². The second-order valence-electron chi connectivity index (χ2n) is 8.18. The summed E-state index contributed by atoms with van der Waals surface area (Å²) in [7, 11) is -3.68. The fourth-order valence-corrected chi connectivity index (χ4v) is 5.65. The monoisotopic (exact) mass is 428 g/mol. The minimum atomic E-state index is -3.68. The number of nitrogens with one attached hydrogen (secondary N) is 1. The van der Waals surface area contributed by atoms with Crippen LogP contribution in [-0.4, -0.2) is 40.6 Å². The van der Waals surface area contributed by atoms with Crippen LogP contribution in [0.15, 0.2) is 53.4 Å². The van der Waals surface area contributed by atoms with Crippen molar-refractivity contribution in [3.05, 3.63) is 59.7 Å². The van der Waals surface area contributed by atoms with Gasteiger partial charge < -0.3 is 9.64 Å². The lowest BCUT2D eigenvalue weighted by atomic mass is 9.74. The molecule has 6 nitrogen and oxygen atoms in total. The highest BCUT2D eigenvalue weighted by atomic mass is 32.2. The van der Waals surface area contributed by atoms with Gasteiger partial charge in [-0.3, -0.25) is 4.79 Å². The molecule has 160 valence electrons. The molecule has 30 heavy (non-hydrogen) atoms. The van der Waals surface area contributed by atoms with E-state index in [-0.39, 0.29) is 16.2 Å². The SMILES string of the molecule is Cc1cc(S(=O)(=O)NCC2(c3ccccc3)CCOCC2)ccc1N1CCCC1=O.